The first-order valence-corrected chi connectivity index (χ1v) is 8.33. The highest BCUT2D eigenvalue weighted by Crippen LogP contribution is 2.48. The Balaban J connectivity index is 1.56. The van der Waals surface area contributed by atoms with E-state index in [1.165, 1.54) is 18.5 Å². The molecule has 114 valence electrons. The molecule has 1 amide bonds. The van der Waals surface area contributed by atoms with Crippen molar-refractivity contribution in [3.8, 4) is 0 Å². The second-order valence-corrected chi connectivity index (χ2v) is 6.54. The number of piperidine rings is 1. The molecule has 1 aliphatic carbocycles. The molecular weight excluding hydrogens is 260 g/mol. The summed E-state index contributed by atoms with van der Waals surface area (Å²) in [5.74, 6) is 0.252. The molecule has 3 rings (SSSR count). The van der Waals surface area contributed by atoms with Crippen LogP contribution in [0.5, 0.6) is 0 Å². The van der Waals surface area contributed by atoms with Crippen molar-refractivity contribution < 1.29 is 4.79 Å². The first-order valence-electron chi connectivity index (χ1n) is 8.33. The Morgan fingerprint density at radius 2 is 1.90 bits per heavy atom. The predicted octanol–water partition coefficient (Wildman–Crippen LogP) is 2.71. The molecule has 2 fully saturated rings. The van der Waals surface area contributed by atoms with Crippen LogP contribution in [-0.4, -0.2) is 36.5 Å². The Morgan fingerprint density at radius 3 is 2.48 bits per heavy atom. The lowest BCUT2D eigenvalue weighted by atomic mass is 9.94. The maximum absolute atomic E-state index is 12.7. The third-order valence-electron chi connectivity index (χ3n) is 4.97. The van der Waals surface area contributed by atoms with Gasteiger partial charge in [0.2, 0.25) is 5.91 Å². The van der Waals surface area contributed by atoms with Gasteiger partial charge in [-0.1, -0.05) is 37.3 Å². The van der Waals surface area contributed by atoms with Crippen molar-refractivity contribution in [2.45, 2.75) is 50.5 Å². The van der Waals surface area contributed by atoms with E-state index in [1.807, 2.05) is 18.2 Å². The molecule has 2 aliphatic rings. The Labute approximate surface area is 127 Å². The van der Waals surface area contributed by atoms with Gasteiger partial charge in [-0.05, 0) is 44.2 Å². The monoisotopic (exact) mass is 286 g/mol. The fourth-order valence-corrected chi connectivity index (χ4v) is 3.47. The number of carbonyl (C=O) groups excluding carboxylic acids is 1. The number of likely N-dealkylation sites (tertiary alicyclic amines) is 1. The largest absolute Gasteiger partial charge is 0.353 e. The lowest BCUT2D eigenvalue weighted by molar-refractivity contribution is -0.124. The van der Waals surface area contributed by atoms with Gasteiger partial charge in [0, 0.05) is 19.1 Å². The van der Waals surface area contributed by atoms with Crippen molar-refractivity contribution in [3.63, 3.8) is 0 Å². The van der Waals surface area contributed by atoms with Crippen LogP contribution in [0.25, 0.3) is 0 Å². The van der Waals surface area contributed by atoms with Crippen LogP contribution in [0, 0.1) is 0 Å². The van der Waals surface area contributed by atoms with Crippen LogP contribution in [0.4, 0.5) is 0 Å². The number of benzene rings is 1. The van der Waals surface area contributed by atoms with Crippen LogP contribution in [0.2, 0.25) is 0 Å². The van der Waals surface area contributed by atoms with Crippen LogP contribution < -0.4 is 5.32 Å². The molecule has 0 bridgehead atoms. The number of rotatable bonds is 5. The van der Waals surface area contributed by atoms with E-state index in [0.717, 1.165) is 38.8 Å². The molecule has 0 spiro atoms. The summed E-state index contributed by atoms with van der Waals surface area (Å²) >= 11 is 0. The van der Waals surface area contributed by atoms with Gasteiger partial charge >= 0.3 is 0 Å². The zero-order chi connectivity index (χ0) is 14.7. The minimum Gasteiger partial charge on any atom is -0.353 e. The molecule has 21 heavy (non-hydrogen) atoms. The van der Waals surface area contributed by atoms with E-state index in [-0.39, 0.29) is 11.3 Å². The number of nitrogens with zero attached hydrogens (tertiary/aromatic N) is 1. The van der Waals surface area contributed by atoms with Crippen molar-refractivity contribution in [3.05, 3.63) is 35.9 Å². The Kier molecular flexibility index (Phi) is 4.29. The predicted molar refractivity (Wildman–Crippen MR) is 85.2 cm³/mol. The summed E-state index contributed by atoms with van der Waals surface area (Å²) < 4.78 is 0. The van der Waals surface area contributed by atoms with Crippen molar-refractivity contribution in [2.75, 3.05) is 19.6 Å². The number of amides is 1. The molecule has 0 aromatic heterocycles. The van der Waals surface area contributed by atoms with Crippen molar-refractivity contribution in [1.29, 1.82) is 0 Å². The van der Waals surface area contributed by atoms with Gasteiger partial charge in [-0.15, -0.1) is 0 Å². The molecule has 0 atom stereocenters. The van der Waals surface area contributed by atoms with Crippen LogP contribution in [0.3, 0.4) is 0 Å². The molecule has 3 heteroatoms. The molecule has 1 aromatic rings. The molecule has 1 aromatic carbocycles. The van der Waals surface area contributed by atoms with E-state index < -0.39 is 0 Å². The van der Waals surface area contributed by atoms with Crippen molar-refractivity contribution in [1.82, 2.24) is 10.2 Å². The number of hydrogen-bond acceptors (Lipinski definition) is 2. The van der Waals surface area contributed by atoms with E-state index in [2.05, 4.69) is 29.3 Å². The Morgan fingerprint density at radius 1 is 1.24 bits per heavy atom. The molecule has 0 radical (unpaired) electrons. The van der Waals surface area contributed by atoms with E-state index >= 15 is 0 Å². The van der Waals surface area contributed by atoms with E-state index in [4.69, 9.17) is 0 Å². The van der Waals surface area contributed by atoms with Gasteiger partial charge in [-0.2, -0.15) is 0 Å². The number of nitrogens with one attached hydrogen (secondary N) is 1. The van der Waals surface area contributed by atoms with E-state index in [9.17, 15) is 4.79 Å². The highest BCUT2D eigenvalue weighted by molar-refractivity contribution is 5.91. The maximum Gasteiger partial charge on any atom is 0.230 e. The fraction of sp³-hybridized carbons (Fsp3) is 0.611. The summed E-state index contributed by atoms with van der Waals surface area (Å²) in [7, 11) is 0. The minimum absolute atomic E-state index is 0.220. The van der Waals surface area contributed by atoms with Gasteiger partial charge in [0.25, 0.3) is 0 Å². The highest BCUT2D eigenvalue weighted by atomic mass is 16.2. The summed E-state index contributed by atoms with van der Waals surface area (Å²) in [5.41, 5.74) is 0.966. The minimum atomic E-state index is -0.220. The SMILES string of the molecule is CCCN1CCC(NC(=O)C2(c3ccccc3)CC2)CC1. The molecule has 1 saturated carbocycles. The number of carbonyl (C=O) groups is 1. The summed E-state index contributed by atoms with van der Waals surface area (Å²) in [6, 6.07) is 10.6. The topological polar surface area (TPSA) is 32.3 Å². The zero-order valence-corrected chi connectivity index (χ0v) is 13.0. The molecular formula is C18H26N2O. The van der Waals surface area contributed by atoms with Gasteiger partial charge < -0.3 is 10.2 Å². The average Bonchev–Trinajstić information content (AvgIpc) is 3.32. The molecule has 0 unspecified atom stereocenters. The van der Waals surface area contributed by atoms with Crippen LogP contribution in [-0.2, 0) is 10.2 Å². The summed E-state index contributed by atoms with van der Waals surface area (Å²) in [6.45, 7) is 5.66. The first-order chi connectivity index (χ1) is 10.2. The van der Waals surface area contributed by atoms with Crippen molar-refractivity contribution >= 4 is 5.91 Å². The second kappa shape index (κ2) is 6.18. The summed E-state index contributed by atoms with van der Waals surface area (Å²) in [5, 5.41) is 3.32. The quantitative estimate of drug-likeness (QED) is 0.902. The average molecular weight is 286 g/mol. The van der Waals surface area contributed by atoms with Crippen LogP contribution in [0.1, 0.15) is 44.6 Å². The number of hydrogen-bond donors (Lipinski definition) is 1. The molecule has 3 nitrogen and oxygen atoms in total. The smallest absolute Gasteiger partial charge is 0.230 e. The van der Waals surface area contributed by atoms with Gasteiger partial charge in [0.1, 0.15) is 0 Å². The Hall–Kier alpha value is -1.35. The highest BCUT2D eigenvalue weighted by Gasteiger charge is 2.51. The lowest BCUT2D eigenvalue weighted by Gasteiger charge is -2.33. The maximum atomic E-state index is 12.7. The fourth-order valence-electron chi connectivity index (χ4n) is 3.47. The van der Waals surface area contributed by atoms with Gasteiger partial charge in [-0.3, -0.25) is 4.79 Å². The van der Waals surface area contributed by atoms with Crippen molar-refractivity contribution in [2.24, 2.45) is 0 Å². The van der Waals surface area contributed by atoms with Crippen LogP contribution in [0.15, 0.2) is 30.3 Å². The third kappa shape index (κ3) is 3.13. The molecule has 1 N–H and O–H groups in total. The zero-order valence-electron chi connectivity index (χ0n) is 13.0. The molecule has 1 saturated heterocycles. The summed E-state index contributed by atoms with van der Waals surface area (Å²) in [4.78, 5) is 15.2. The molecule has 1 aliphatic heterocycles. The van der Waals surface area contributed by atoms with Gasteiger partial charge in [0.15, 0.2) is 0 Å². The first kappa shape index (κ1) is 14.6. The second-order valence-electron chi connectivity index (χ2n) is 6.54. The van der Waals surface area contributed by atoms with Gasteiger partial charge in [-0.25, -0.2) is 0 Å². The van der Waals surface area contributed by atoms with E-state index in [0.29, 0.717) is 6.04 Å². The standard InChI is InChI=1S/C18H26N2O/c1-2-12-20-13-8-16(9-14-20)19-17(21)18(10-11-18)15-6-4-3-5-7-15/h3-7,16H,2,8-14H2,1H3,(H,19,21). The van der Waals surface area contributed by atoms with E-state index in [1.54, 1.807) is 0 Å². The Bertz CT molecular complexity index is 473. The normalized spacial score (nSPS) is 22.0. The van der Waals surface area contributed by atoms with Crippen LogP contribution >= 0.6 is 0 Å². The molecule has 1 heterocycles. The third-order valence-corrected chi connectivity index (χ3v) is 4.97. The summed E-state index contributed by atoms with van der Waals surface area (Å²) in [6.07, 6.45) is 5.40. The van der Waals surface area contributed by atoms with Gasteiger partial charge in [0.05, 0.1) is 5.41 Å². The lowest BCUT2D eigenvalue weighted by Crippen LogP contribution is -2.47.